The number of nitrogens with zero attached hydrogens (tertiary/aromatic N) is 2. The number of nitrogens with one attached hydrogen (secondary N) is 2. The molecule has 0 saturated heterocycles. The standard InChI is InChI=1S/C25H22N4O2/c1-2-31-22-14-12-21(13-15-22)29-25(30)19-8-10-20(11-9-19)28-24-16-23(26-17-27-24)18-6-4-3-5-7-18/h3-17H,2H2,1H3,(H,29,30)(H,26,27,28). The number of amides is 1. The van der Waals surface area contributed by atoms with Gasteiger partial charge in [-0.3, -0.25) is 4.79 Å². The quantitative estimate of drug-likeness (QED) is 0.418. The molecule has 0 aliphatic carbocycles. The maximum atomic E-state index is 12.5. The Hall–Kier alpha value is -4.19. The third-order valence-electron chi connectivity index (χ3n) is 4.58. The van der Waals surface area contributed by atoms with Gasteiger partial charge in [-0.2, -0.15) is 0 Å². The summed E-state index contributed by atoms with van der Waals surface area (Å²) in [5.74, 6) is 1.28. The van der Waals surface area contributed by atoms with Crippen LogP contribution in [0.25, 0.3) is 11.3 Å². The molecule has 4 rings (SSSR count). The van der Waals surface area contributed by atoms with Crippen LogP contribution in [0.4, 0.5) is 17.2 Å². The van der Waals surface area contributed by atoms with Crippen molar-refractivity contribution in [3.8, 4) is 17.0 Å². The van der Waals surface area contributed by atoms with Crippen molar-refractivity contribution in [2.45, 2.75) is 6.92 Å². The van der Waals surface area contributed by atoms with E-state index in [1.54, 1.807) is 12.1 Å². The van der Waals surface area contributed by atoms with Crippen molar-refractivity contribution in [3.63, 3.8) is 0 Å². The number of hydrogen-bond donors (Lipinski definition) is 2. The van der Waals surface area contributed by atoms with Gasteiger partial charge < -0.3 is 15.4 Å². The highest BCUT2D eigenvalue weighted by Crippen LogP contribution is 2.22. The zero-order chi connectivity index (χ0) is 21.5. The minimum absolute atomic E-state index is 0.177. The van der Waals surface area contributed by atoms with Gasteiger partial charge in [0, 0.05) is 28.6 Å². The Labute approximate surface area is 181 Å². The third-order valence-corrected chi connectivity index (χ3v) is 4.58. The Morgan fingerprint density at radius 3 is 2.29 bits per heavy atom. The van der Waals surface area contributed by atoms with Crippen molar-refractivity contribution in [1.82, 2.24) is 9.97 Å². The summed E-state index contributed by atoms with van der Waals surface area (Å²) in [4.78, 5) is 21.1. The number of aromatic nitrogens is 2. The van der Waals surface area contributed by atoms with Gasteiger partial charge in [-0.25, -0.2) is 9.97 Å². The summed E-state index contributed by atoms with van der Waals surface area (Å²) in [5.41, 5.74) is 3.96. The second-order valence-corrected chi connectivity index (χ2v) is 6.77. The minimum Gasteiger partial charge on any atom is -0.494 e. The zero-order valence-corrected chi connectivity index (χ0v) is 17.1. The monoisotopic (exact) mass is 410 g/mol. The molecule has 0 atom stereocenters. The van der Waals surface area contributed by atoms with Gasteiger partial charge in [-0.05, 0) is 55.5 Å². The van der Waals surface area contributed by atoms with Crippen LogP contribution in [-0.2, 0) is 0 Å². The van der Waals surface area contributed by atoms with Gasteiger partial charge in [-0.15, -0.1) is 0 Å². The number of ether oxygens (including phenoxy) is 1. The summed E-state index contributed by atoms with van der Waals surface area (Å²) in [6.45, 7) is 2.54. The molecular formula is C25H22N4O2. The SMILES string of the molecule is CCOc1ccc(NC(=O)c2ccc(Nc3cc(-c4ccccc4)ncn3)cc2)cc1. The first kappa shape index (κ1) is 20.1. The first-order valence-corrected chi connectivity index (χ1v) is 10.00. The first-order chi connectivity index (χ1) is 15.2. The van der Waals surface area contributed by atoms with Crippen LogP contribution >= 0.6 is 0 Å². The van der Waals surface area contributed by atoms with E-state index in [9.17, 15) is 4.79 Å². The molecule has 1 heterocycles. The number of hydrogen-bond acceptors (Lipinski definition) is 5. The van der Waals surface area contributed by atoms with E-state index in [1.807, 2.05) is 79.7 Å². The fourth-order valence-corrected chi connectivity index (χ4v) is 3.05. The summed E-state index contributed by atoms with van der Waals surface area (Å²) < 4.78 is 5.42. The second kappa shape index (κ2) is 9.54. The van der Waals surface area contributed by atoms with E-state index in [1.165, 1.54) is 6.33 Å². The van der Waals surface area contributed by atoms with Gasteiger partial charge in [0.05, 0.1) is 12.3 Å². The van der Waals surface area contributed by atoms with Crippen LogP contribution in [0.15, 0.2) is 91.3 Å². The highest BCUT2D eigenvalue weighted by Gasteiger charge is 2.07. The lowest BCUT2D eigenvalue weighted by atomic mass is 10.1. The normalized spacial score (nSPS) is 10.4. The number of anilines is 3. The van der Waals surface area contributed by atoms with Crippen molar-refractivity contribution in [2.75, 3.05) is 17.2 Å². The van der Waals surface area contributed by atoms with Crippen LogP contribution in [0, 0.1) is 0 Å². The summed E-state index contributed by atoms with van der Waals surface area (Å²) >= 11 is 0. The fourth-order valence-electron chi connectivity index (χ4n) is 3.05. The van der Waals surface area contributed by atoms with Crippen molar-refractivity contribution in [3.05, 3.63) is 96.8 Å². The summed E-state index contributed by atoms with van der Waals surface area (Å²) in [6, 6.07) is 26.3. The van der Waals surface area contributed by atoms with Crippen LogP contribution in [-0.4, -0.2) is 22.5 Å². The molecule has 0 spiro atoms. The van der Waals surface area contributed by atoms with Gasteiger partial charge >= 0.3 is 0 Å². The largest absolute Gasteiger partial charge is 0.494 e. The third kappa shape index (κ3) is 5.25. The van der Waals surface area contributed by atoms with E-state index in [2.05, 4.69) is 20.6 Å². The second-order valence-electron chi connectivity index (χ2n) is 6.77. The number of rotatable bonds is 7. The van der Waals surface area contributed by atoms with Crippen LogP contribution in [0.5, 0.6) is 5.75 Å². The first-order valence-electron chi connectivity index (χ1n) is 10.00. The molecule has 0 radical (unpaired) electrons. The smallest absolute Gasteiger partial charge is 0.255 e. The van der Waals surface area contributed by atoms with Gasteiger partial charge in [-0.1, -0.05) is 30.3 Å². The Morgan fingerprint density at radius 2 is 1.58 bits per heavy atom. The van der Waals surface area contributed by atoms with E-state index in [0.29, 0.717) is 23.7 Å². The lowest BCUT2D eigenvalue weighted by Gasteiger charge is -2.09. The van der Waals surface area contributed by atoms with Gasteiger partial charge in [0.25, 0.3) is 5.91 Å². The molecule has 0 unspecified atom stereocenters. The predicted octanol–water partition coefficient (Wildman–Crippen LogP) is 5.54. The molecule has 6 nitrogen and oxygen atoms in total. The molecule has 0 saturated carbocycles. The molecule has 0 bridgehead atoms. The van der Waals surface area contributed by atoms with Crippen molar-refractivity contribution in [1.29, 1.82) is 0 Å². The Bertz CT molecular complexity index is 1140. The molecule has 0 aliphatic rings. The highest BCUT2D eigenvalue weighted by atomic mass is 16.5. The number of benzene rings is 3. The van der Waals surface area contributed by atoms with Crippen LogP contribution in [0.1, 0.15) is 17.3 Å². The van der Waals surface area contributed by atoms with E-state index >= 15 is 0 Å². The van der Waals surface area contributed by atoms with Gasteiger partial charge in [0.15, 0.2) is 0 Å². The molecule has 3 aromatic carbocycles. The minimum atomic E-state index is -0.177. The van der Waals surface area contributed by atoms with E-state index in [4.69, 9.17) is 4.74 Å². The van der Waals surface area contributed by atoms with Crippen molar-refractivity contribution in [2.24, 2.45) is 0 Å². The van der Waals surface area contributed by atoms with Crippen molar-refractivity contribution < 1.29 is 9.53 Å². The average Bonchev–Trinajstić information content (AvgIpc) is 2.82. The lowest BCUT2D eigenvalue weighted by molar-refractivity contribution is 0.102. The van der Waals surface area contributed by atoms with E-state index in [0.717, 1.165) is 22.7 Å². The average molecular weight is 410 g/mol. The summed E-state index contributed by atoms with van der Waals surface area (Å²) in [5, 5.41) is 6.14. The molecule has 31 heavy (non-hydrogen) atoms. The molecule has 154 valence electrons. The maximum absolute atomic E-state index is 12.5. The van der Waals surface area contributed by atoms with E-state index < -0.39 is 0 Å². The molecule has 0 fully saturated rings. The Morgan fingerprint density at radius 1 is 0.871 bits per heavy atom. The highest BCUT2D eigenvalue weighted by molar-refractivity contribution is 6.04. The van der Waals surface area contributed by atoms with Gasteiger partial charge in [0.2, 0.25) is 0 Å². The molecule has 4 aromatic rings. The number of carbonyl (C=O) groups excluding carboxylic acids is 1. The molecule has 1 amide bonds. The molecule has 0 aliphatic heterocycles. The molecule has 2 N–H and O–H groups in total. The summed E-state index contributed by atoms with van der Waals surface area (Å²) in [6.07, 6.45) is 1.53. The van der Waals surface area contributed by atoms with Crippen LogP contribution in [0.3, 0.4) is 0 Å². The maximum Gasteiger partial charge on any atom is 0.255 e. The van der Waals surface area contributed by atoms with Crippen molar-refractivity contribution >= 4 is 23.1 Å². The zero-order valence-electron chi connectivity index (χ0n) is 17.1. The van der Waals surface area contributed by atoms with E-state index in [-0.39, 0.29) is 5.91 Å². The molecular weight excluding hydrogens is 388 g/mol. The Balaban J connectivity index is 1.41. The fraction of sp³-hybridized carbons (Fsp3) is 0.0800. The lowest BCUT2D eigenvalue weighted by Crippen LogP contribution is -2.11. The summed E-state index contributed by atoms with van der Waals surface area (Å²) in [7, 11) is 0. The van der Waals surface area contributed by atoms with Crippen LogP contribution in [0.2, 0.25) is 0 Å². The Kier molecular flexibility index (Phi) is 6.18. The molecule has 1 aromatic heterocycles. The van der Waals surface area contributed by atoms with Crippen LogP contribution < -0.4 is 15.4 Å². The predicted molar refractivity (Wildman–Crippen MR) is 123 cm³/mol. The van der Waals surface area contributed by atoms with Gasteiger partial charge in [0.1, 0.15) is 17.9 Å². The topological polar surface area (TPSA) is 76.1 Å². The molecule has 6 heteroatoms. The number of carbonyl (C=O) groups is 1.